The molecule has 4 aromatic rings. The number of nitrogens with one attached hydrogen (secondary N) is 4. The number of hydrogen-bond donors (Lipinski definition) is 4. The molecule has 0 unspecified atom stereocenters. The number of hydrogen-bond acceptors (Lipinski definition) is 18. The van der Waals surface area contributed by atoms with Crippen LogP contribution in [0.5, 0.6) is 23.0 Å². The van der Waals surface area contributed by atoms with Crippen molar-refractivity contribution in [2.24, 2.45) is 0 Å². The summed E-state index contributed by atoms with van der Waals surface area (Å²) in [7, 11) is 0. The van der Waals surface area contributed by atoms with Crippen molar-refractivity contribution in [3.8, 4) is 34.4 Å². The molecule has 0 bridgehead atoms. The van der Waals surface area contributed by atoms with Gasteiger partial charge in [-0.25, -0.2) is 0 Å². The van der Waals surface area contributed by atoms with Crippen LogP contribution in [0.25, 0.3) is 11.4 Å². The van der Waals surface area contributed by atoms with Crippen LogP contribution in [0.15, 0.2) is 73.1 Å². The summed E-state index contributed by atoms with van der Waals surface area (Å²) in [5.41, 5.74) is 1.99. The number of fused-ring (bicyclic) bond motifs is 2. The summed E-state index contributed by atoms with van der Waals surface area (Å²) in [5.74, 6) is 0.0915. The van der Waals surface area contributed by atoms with E-state index in [2.05, 4.69) is 31.2 Å². The summed E-state index contributed by atoms with van der Waals surface area (Å²) in [4.78, 5) is 61.3. The molecule has 6 rings (SSSR count). The van der Waals surface area contributed by atoms with Gasteiger partial charge in [-0.2, -0.15) is 0 Å². The predicted octanol–water partition coefficient (Wildman–Crippen LogP) is 2.14. The second-order valence-corrected chi connectivity index (χ2v) is 15.5. The first-order chi connectivity index (χ1) is 35.4. The number of benzene rings is 2. The molecule has 0 saturated carbocycles. The number of carbonyl (C=O) groups is 4. The molecule has 72 heavy (non-hydrogen) atoms. The standard InChI is InChI=1S/C50H64N6O16/c57-47(37-1-3-43-45(35-37)71-31-27-67-23-19-63-15-13-61-17-21-65-25-29-69-43)53-9-11-55-49(59)39-5-7-51-41(33-39)42-34-40(6-8-52-42)50(60)56-12-10-54-48(58)38-2-4-44-46(36-38)72-32-28-68-24-20-64-16-14-62-18-22-66-26-30-70-44/h1-8,33-36H,9-32H2,(H,53,57)(H,54,58)(H,55,59)(H,56,60). The highest BCUT2D eigenvalue weighted by molar-refractivity contribution is 5.97. The number of nitrogens with zero attached hydrogens (tertiary/aromatic N) is 2. The van der Waals surface area contributed by atoms with Gasteiger partial charge in [-0.05, 0) is 60.7 Å². The molecule has 0 aliphatic carbocycles. The van der Waals surface area contributed by atoms with E-state index in [1.807, 2.05) is 0 Å². The lowest BCUT2D eigenvalue weighted by molar-refractivity contribution is -0.00842. The Hall–Kier alpha value is -6.50. The Morgan fingerprint density at radius 3 is 0.861 bits per heavy atom. The minimum atomic E-state index is -0.402. The van der Waals surface area contributed by atoms with Gasteiger partial charge in [-0.3, -0.25) is 29.1 Å². The van der Waals surface area contributed by atoms with Gasteiger partial charge in [-0.1, -0.05) is 0 Å². The fourth-order valence-electron chi connectivity index (χ4n) is 6.66. The highest BCUT2D eigenvalue weighted by atomic mass is 16.6. The lowest BCUT2D eigenvalue weighted by atomic mass is 10.1. The molecule has 0 spiro atoms. The molecule has 4 heterocycles. The van der Waals surface area contributed by atoms with Crippen LogP contribution in [0, 0.1) is 0 Å². The molecule has 4 amide bonds. The van der Waals surface area contributed by atoms with Crippen molar-refractivity contribution in [2.45, 2.75) is 0 Å². The topological polar surface area (TPSA) is 253 Å². The summed E-state index contributed by atoms with van der Waals surface area (Å²) < 4.78 is 67.8. The monoisotopic (exact) mass is 1000 g/mol. The van der Waals surface area contributed by atoms with Crippen molar-refractivity contribution in [3.63, 3.8) is 0 Å². The van der Waals surface area contributed by atoms with Gasteiger partial charge in [0.1, 0.15) is 26.4 Å². The average molecular weight is 1010 g/mol. The maximum absolute atomic E-state index is 13.2. The van der Waals surface area contributed by atoms with Crippen molar-refractivity contribution in [2.75, 3.05) is 158 Å². The van der Waals surface area contributed by atoms with E-state index in [0.29, 0.717) is 162 Å². The summed E-state index contributed by atoms with van der Waals surface area (Å²) in [5, 5.41) is 11.2. The minimum Gasteiger partial charge on any atom is -0.487 e. The SMILES string of the molecule is O=C(NCCNC(=O)c1ccc2c(c1)OCCOCCOCCOCCOCCO2)c1ccnc(-c2cc(C(=O)NCCNC(=O)c3ccc4c(c3)OCCOCCOCCOCCOCCO4)ccn2)c1. The van der Waals surface area contributed by atoms with E-state index in [0.717, 1.165) is 0 Å². The van der Waals surface area contributed by atoms with E-state index in [-0.39, 0.29) is 64.4 Å². The van der Waals surface area contributed by atoms with Gasteiger partial charge in [0.25, 0.3) is 23.6 Å². The highest BCUT2D eigenvalue weighted by Gasteiger charge is 2.16. The molecule has 22 heteroatoms. The third-order valence-corrected chi connectivity index (χ3v) is 10.3. The highest BCUT2D eigenvalue weighted by Crippen LogP contribution is 2.30. The Morgan fingerprint density at radius 1 is 0.319 bits per heavy atom. The Labute approximate surface area is 417 Å². The van der Waals surface area contributed by atoms with E-state index in [1.165, 1.54) is 12.4 Å². The first kappa shape index (κ1) is 54.8. The molecular weight excluding hydrogens is 941 g/mol. The molecule has 0 saturated heterocycles. The zero-order chi connectivity index (χ0) is 50.3. The van der Waals surface area contributed by atoms with E-state index >= 15 is 0 Å². The van der Waals surface area contributed by atoms with Gasteiger partial charge in [0.2, 0.25) is 0 Å². The van der Waals surface area contributed by atoms with Crippen LogP contribution >= 0.6 is 0 Å². The zero-order valence-corrected chi connectivity index (χ0v) is 40.3. The van der Waals surface area contributed by atoms with E-state index in [4.69, 9.17) is 56.8 Å². The first-order valence-corrected chi connectivity index (χ1v) is 23.9. The lowest BCUT2D eigenvalue weighted by Gasteiger charge is -2.15. The molecule has 2 aromatic heterocycles. The van der Waals surface area contributed by atoms with Crippen LogP contribution in [0.1, 0.15) is 41.4 Å². The number of aromatic nitrogens is 2. The molecule has 22 nitrogen and oxygen atoms in total. The van der Waals surface area contributed by atoms with Crippen LogP contribution in [0.4, 0.5) is 0 Å². The summed E-state index contributed by atoms with van der Waals surface area (Å²) in [6.07, 6.45) is 2.94. The predicted molar refractivity (Wildman–Crippen MR) is 258 cm³/mol. The van der Waals surface area contributed by atoms with E-state index in [9.17, 15) is 19.2 Å². The molecule has 2 aliphatic rings. The van der Waals surface area contributed by atoms with E-state index < -0.39 is 11.8 Å². The number of ether oxygens (including phenoxy) is 12. The molecular formula is C50H64N6O16. The van der Waals surface area contributed by atoms with Gasteiger partial charge < -0.3 is 78.1 Å². The molecule has 390 valence electrons. The van der Waals surface area contributed by atoms with Gasteiger partial charge >= 0.3 is 0 Å². The number of pyridine rings is 2. The molecule has 0 fully saturated rings. The molecule has 0 radical (unpaired) electrons. The van der Waals surface area contributed by atoms with Crippen LogP contribution in [-0.2, 0) is 37.9 Å². The Kier molecular flexibility index (Phi) is 24.7. The fourth-order valence-corrected chi connectivity index (χ4v) is 6.66. The number of amides is 4. The molecule has 0 atom stereocenters. The van der Waals surface area contributed by atoms with Gasteiger partial charge in [0.05, 0.1) is 117 Å². The molecule has 2 aromatic carbocycles. The quantitative estimate of drug-likeness (QED) is 0.157. The normalized spacial score (nSPS) is 16.5. The van der Waals surface area contributed by atoms with Crippen LogP contribution < -0.4 is 40.2 Å². The second-order valence-electron chi connectivity index (χ2n) is 15.5. The smallest absolute Gasteiger partial charge is 0.251 e. The van der Waals surface area contributed by atoms with Crippen molar-refractivity contribution < 1.29 is 76.0 Å². The third-order valence-electron chi connectivity index (χ3n) is 10.3. The molecule has 2 aliphatic heterocycles. The van der Waals surface area contributed by atoms with Crippen molar-refractivity contribution >= 4 is 23.6 Å². The number of rotatable bonds is 11. The Bertz CT molecular complexity index is 2130. The second kappa shape index (κ2) is 32.5. The summed E-state index contributed by atoms with van der Waals surface area (Å²) in [6, 6.07) is 15.9. The van der Waals surface area contributed by atoms with Crippen molar-refractivity contribution in [3.05, 3.63) is 95.3 Å². The zero-order valence-electron chi connectivity index (χ0n) is 40.3. The van der Waals surface area contributed by atoms with Gasteiger partial charge in [-0.15, -0.1) is 0 Å². The van der Waals surface area contributed by atoms with Crippen LogP contribution in [0.2, 0.25) is 0 Å². The van der Waals surface area contributed by atoms with Gasteiger partial charge in [0, 0.05) is 60.8 Å². The minimum absolute atomic E-state index is 0.129. The first-order valence-electron chi connectivity index (χ1n) is 23.9. The third kappa shape index (κ3) is 20.0. The van der Waals surface area contributed by atoms with Gasteiger partial charge in [0.15, 0.2) is 23.0 Å². The maximum Gasteiger partial charge on any atom is 0.251 e. The fraction of sp³-hybridized carbons (Fsp3) is 0.480. The average Bonchev–Trinajstić information content (AvgIpc) is 3.40. The lowest BCUT2D eigenvalue weighted by Crippen LogP contribution is -2.34. The van der Waals surface area contributed by atoms with Crippen molar-refractivity contribution in [1.82, 2.24) is 31.2 Å². The van der Waals surface area contributed by atoms with Crippen LogP contribution in [-0.4, -0.2) is 192 Å². The number of carbonyl (C=O) groups excluding carboxylic acids is 4. The maximum atomic E-state index is 13.2. The largest absolute Gasteiger partial charge is 0.487 e. The summed E-state index contributed by atoms with van der Waals surface area (Å²) >= 11 is 0. The summed E-state index contributed by atoms with van der Waals surface area (Å²) in [6.45, 7) is 8.01. The Morgan fingerprint density at radius 2 is 0.569 bits per heavy atom. The Balaban J connectivity index is 0.933. The van der Waals surface area contributed by atoms with Crippen molar-refractivity contribution in [1.29, 1.82) is 0 Å². The van der Waals surface area contributed by atoms with Crippen LogP contribution in [0.3, 0.4) is 0 Å². The van der Waals surface area contributed by atoms with E-state index in [1.54, 1.807) is 60.7 Å². The molecule has 4 N–H and O–H groups in total.